The first-order valence-electron chi connectivity index (χ1n) is 6.60. The van der Waals surface area contributed by atoms with Gasteiger partial charge < -0.3 is 4.40 Å². The van der Waals surface area contributed by atoms with Crippen molar-refractivity contribution in [2.75, 3.05) is 0 Å². The zero-order valence-electron chi connectivity index (χ0n) is 11.6. The summed E-state index contributed by atoms with van der Waals surface area (Å²) in [7, 11) is 0. The Morgan fingerprint density at radius 1 is 0.895 bits per heavy atom. The number of rotatable bonds is 1. The van der Waals surface area contributed by atoms with Gasteiger partial charge >= 0.3 is 0 Å². The molecule has 19 heavy (non-hydrogen) atoms. The fourth-order valence-corrected chi connectivity index (χ4v) is 2.51. The van der Waals surface area contributed by atoms with Crippen molar-refractivity contribution in [1.82, 2.24) is 9.38 Å². The third kappa shape index (κ3) is 2.03. The predicted molar refractivity (Wildman–Crippen MR) is 79.3 cm³/mol. The first-order chi connectivity index (χ1) is 9.07. The Labute approximate surface area is 113 Å². The Bertz CT molecular complexity index is 703. The fraction of sp³-hybridized carbons (Fsp3) is 0.235. The second-order valence-electron chi connectivity index (χ2n) is 5.85. The Morgan fingerprint density at radius 2 is 1.58 bits per heavy atom. The summed E-state index contributed by atoms with van der Waals surface area (Å²) in [5.74, 6) is 0. The number of benzene rings is 1. The maximum absolute atomic E-state index is 4.81. The molecule has 0 N–H and O–H groups in total. The van der Waals surface area contributed by atoms with E-state index in [1.807, 2.05) is 12.1 Å². The fourth-order valence-electron chi connectivity index (χ4n) is 2.51. The number of imidazole rings is 1. The monoisotopic (exact) mass is 250 g/mol. The van der Waals surface area contributed by atoms with Crippen LogP contribution in [0.5, 0.6) is 0 Å². The molecule has 1 aromatic carbocycles. The summed E-state index contributed by atoms with van der Waals surface area (Å²) in [6, 6.07) is 16.5. The van der Waals surface area contributed by atoms with Crippen molar-refractivity contribution < 1.29 is 0 Å². The maximum Gasteiger partial charge on any atom is 0.137 e. The van der Waals surface area contributed by atoms with E-state index in [4.69, 9.17) is 4.98 Å². The van der Waals surface area contributed by atoms with Crippen LogP contribution in [0.25, 0.3) is 16.9 Å². The molecule has 2 nitrogen and oxygen atoms in total. The van der Waals surface area contributed by atoms with Gasteiger partial charge in [-0.05, 0) is 12.1 Å². The molecular weight excluding hydrogens is 232 g/mol. The Hall–Kier alpha value is -2.09. The first-order valence-corrected chi connectivity index (χ1v) is 6.60. The molecule has 0 amide bonds. The molecule has 96 valence electrons. The standard InChI is InChI=1S/C17H18N2/c1-17(2,3)16-15(13-9-5-4-6-10-13)18-14-11-7-8-12-19(14)16/h4-12H,1-3H3. The van der Waals surface area contributed by atoms with Gasteiger partial charge in [0, 0.05) is 17.2 Å². The molecule has 0 aliphatic carbocycles. The van der Waals surface area contributed by atoms with E-state index >= 15 is 0 Å². The van der Waals surface area contributed by atoms with Gasteiger partial charge in [0.2, 0.25) is 0 Å². The average molecular weight is 250 g/mol. The zero-order chi connectivity index (χ0) is 13.5. The van der Waals surface area contributed by atoms with E-state index in [0.717, 1.165) is 11.3 Å². The van der Waals surface area contributed by atoms with Crippen LogP contribution in [0.1, 0.15) is 26.5 Å². The van der Waals surface area contributed by atoms with Crippen molar-refractivity contribution >= 4 is 5.65 Å². The summed E-state index contributed by atoms with van der Waals surface area (Å²) >= 11 is 0. The highest BCUT2D eigenvalue weighted by molar-refractivity contribution is 5.67. The zero-order valence-corrected chi connectivity index (χ0v) is 11.6. The predicted octanol–water partition coefficient (Wildman–Crippen LogP) is 4.30. The van der Waals surface area contributed by atoms with E-state index in [9.17, 15) is 0 Å². The van der Waals surface area contributed by atoms with E-state index in [2.05, 4.69) is 67.8 Å². The van der Waals surface area contributed by atoms with Gasteiger partial charge in [-0.2, -0.15) is 0 Å². The van der Waals surface area contributed by atoms with E-state index in [1.54, 1.807) is 0 Å². The minimum Gasteiger partial charge on any atom is -0.303 e. The molecule has 0 fully saturated rings. The minimum absolute atomic E-state index is 0.0476. The van der Waals surface area contributed by atoms with Crippen LogP contribution >= 0.6 is 0 Å². The van der Waals surface area contributed by atoms with Gasteiger partial charge in [0.05, 0.1) is 11.4 Å². The molecule has 0 aliphatic rings. The number of nitrogens with zero attached hydrogens (tertiary/aromatic N) is 2. The summed E-state index contributed by atoms with van der Waals surface area (Å²) in [4.78, 5) is 4.81. The molecule has 3 rings (SSSR count). The largest absolute Gasteiger partial charge is 0.303 e. The van der Waals surface area contributed by atoms with Crippen LogP contribution in [0.3, 0.4) is 0 Å². The van der Waals surface area contributed by atoms with Gasteiger partial charge in [-0.25, -0.2) is 4.98 Å². The minimum atomic E-state index is 0.0476. The van der Waals surface area contributed by atoms with Crippen LogP contribution < -0.4 is 0 Å². The molecule has 0 atom stereocenters. The van der Waals surface area contributed by atoms with E-state index in [0.29, 0.717) is 0 Å². The smallest absolute Gasteiger partial charge is 0.137 e. The molecule has 3 aromatic rings. The Morgan fingerprint density at radius 3 is 2.26 bits per heavy atom. The van der Waals surface area contributed by atoms with Crippen LogP contribution in [0.2, 0.25) is 0 Å². The summed E-state index contributed by atoms with van der Waals surface area (Å²) in [6.45, 7) is 6.70. The number of hydrogen-bond donors (Lipinski definition) is 0. The van der Waals surface area contributed by atoms with Gasteiger partial charge in [-0.3, -0.25) is 0 Å². The van der Waals surface area contributed by atoms with Gasteiger partial charge in [0.15, 0.2) is 0 Å². The van der Waals surface area contributed by atoms with Gasteiger partial charge in [0.1, 0.15) is 5.65 Å². The number of aromatic nitrogens is 2. The highest BCUT2D eigenvalue weighted by Gasteiger charge is 2.24. The van der Waals surface area contributed by atoms with E-state index < -0.39 is 0 Å². The lowest BCUT2D eigenvalue weighted by molar-refractivity contribution is 0.565. The lowest BCUT2D eigenvalue weighted by Gasteiger charge is -2.20. The maximum atomic E-state index is 4.81. The van der Waals surface area contributed by atoms with Crippen LogP contribution in [0.15, 0.2) is 54.7 Å². The molecule has 0 saturated heterocycles. The van der Waals surface area contributed by atoms with Crippen LogP contribution in [0.4, 0.5) is 0 Å². The molecule has 0 radical (unpaired) electrons. The van der Waals surface area contributed by atoms with Gasteiger partial charge in [0.25, 0.3) is 0 Å². The van der Waals surface area contributed by atoms with Crippen LogP contribution in [0, 0.1) is 0 Å². The van der Waals surface area contributed by atoms with Crippen molar-refractivity contribution in [1.29, 1.82) is 0 Å². The molecule has 0 bridgehead atoms. The van der Waals surface area contributed by atoms with Crippen LogP contribution in [-0.4, -0.2) is 9.38 Å². The van der Waals surface area contributed by atoms with Crippen LogP contribution in [-0.2, 0) is 5.41 Å². The molecule has 0 aliphatic heterocycles. The first kappa shape index (κ1) is 12.0. The third-order valence-electron chi connectivity index (χ3n) is 3.29. The quantitative estimate of drug-likeness (QED) is 0.629. The van der Waals surface area contributed by atoms with Crippen molar-refractivity contribution in [2.24, 2.45) is 0 Å². The molecule has 2 heteroatoms. The number of hydrogen-bond acceptors (Lipinski definition) is 1. The second-order valence-corrected chi connectivity index (χ2v) is 5.85. The molecule has 0 saturated carbocycles. The average Bonchev–Trinajstić information content (AvgIpc) is 2.79. The number of fused-ring (bicyclic) bond motifs is 1. The summed E-state index contributed by atoms with van der Waals surface area (Å²) in [5, 5.41) is 0. The molecule has 2 aromatic heterocycles. The molecule has 2 heterocycles. The lowest BCUT2D eigenvalue weighted by atomic mass is 9.89. The highest BCUT2D eigenvalue weighted by Crippen LogP contribution is 2.33. The molecular formula is C17H18N2. The Kier molecular flexibility index (Phi) is 2.67. The van der Waals surface area contributed by atoms with Gasteiger partial charge in [-0.15, -0.1) is 0 Å². The second kappa shape index (κ2) is 4.23. The van der Waals surface area contributed by atoms with Gasteiger partial charge in [-0.1, -0.05) is 57.2 Å². The SMILES string of the molecule is CC(C)(C)c1c(-c2ccccc2)nc2ccccn12. The Balaban J connectivity index is 2.36. The lowest BCUT2D eigenvalue weighted by Crippen LogP contribution is -2.15. The van der Waals surface area contributed by atoms with E-state index in [1.165, 1.54) is 11.3 Å². The third-order valence-corrected chi connectivity index (χ3v) is 3.29. The molecule has 0 spiro atoms. The summed E-state index contributed by atoms with van der Waals surface area (Å²) in [6.07, 6.45) is 2.09. The van der Waals surface area contributed by atoms with Crippen molar-refractivity contribution in [2.45, 2.75) is 26.2 Å². The van der Waals surface area contributed by atoms with Crippen molar-refractivity contribution in [3.63, 3.8) is 0 Å². The topological polar surface area (TPSA) is 17.3 Å². The summed E-state index contributed by atoms with van der Waals surface area (Å²) < 4.78 is 2.20. The molecule has 0 unspecified atom stereocenters. The highest BCUT2D eigenvalue weighted by atomic mass is 15.0. The number of pyridine rings is 1. The van der Waals surface area contributed by atoms with E-state index in [-0.39, 0.29) is 5.41 Å². The summed E-state index contributed by atoms with van der Waals surface area (Å²) in [5.41, 5.74) is 4.57. The van der Waals surface area contributed by atoms with Crippen molar-refractivity contribution in [3.8, 4) is 11.3 Å². The van der Waals surface area contributed by atoms with Crippen molar-refractivity contribution in [3.05, 3.63) is 60.4 Å². The normalized spacial score (nSPS) is 11.9.